The van der Waals surface area contributed by atoms with Gasteiger partial charge in [0, 0.05) is 15.9 Å². The van der Waals surface area contributed by atoms with E-state index in [-0.39, 0.29) is 0 Å². The van der Waals surface area contributed by atoms with Crippen LogP contribution in [0.15, 0.2) is 255 Å². The van der Waals surface area contributed by atoms with Crippen LogP contribution >= 0.6 is 23.0 Å². The first-order chi connectivity index (χ1) is 38.0. The minimum Gasteiger partial charge on any atom is -0.372 e. The van der Waals surface area contributed by atoms with Crippen LogP contribution in [0.4, 0.5) is 0 Å². The first-order valence-electron chi connectivity index (χ1n) is 26.2. The van der Waals surface area contributed by atoms with Crippen LogP contribution in [-0.4, -0.2) is 0 Å². The summed E-state index contributed by atoms with van der Waals surface area (Å²) in [6.07, 6.45) is 0. The van der Waals surface area contributed by atoms with E-state index in [9.17, 15) is 0 Å². The van der Waals surface area contributed by atoms with Gasteiger partial charge in [0.05, 0.1) is 52.9 Å². The summed E-state index contributed by atoms with van der Waals surface area (Å²) in [6, 6.07) is 89.3. The maximum atomic E-state index is 15.0. The van der Waals surface area contributed by atoms with E-state index in [0.717, 1.165) is 32.6 Å². The van der Waals surface area contributed by atoms with Crippen molar-refractivity contribution in [2.45, 2.75) is 59.8 Å². The van der Waals surface area contributed by atoms with Crippen LogP contribution < -0.4 is 47.7 Å². The van der Waals surface area contributed by atoms with Crippen molar-refractivity contribution in [3.05, 3.63) is 305 Å². The van der Waals surface area contributed by atoms with Gasteiger partial charge in [0.25, 0.3) is 0 Å². The van der Waals surface area contributed by atoms with Gasteiger partial charge in [0.1, 0.15) is 0 Å². The molecule has 10 aromatic rings. The molecular weight excluding hydrogens is 1000 g/mol. The molecule has 0 aromatic heterocycles. The number of hydrogen-bond acceptors (Lipinski definition) is 5. The molecule has 0 unspecified atom stereocenters. The number of ether oxygens (including phenoxy) is 4. The van der Waals surface area contributed by atoms with Gasteiger partial charge in [-0.1, -0.05) is 237 Å². The zero-order chi connectivity index (χ0) is 52.2. The summed E-state index contributed by atoms with van der Waals surface area (Å²) in [4.78, 5) is 0. The molecule has 0 N–H and O–H groups in total. The highest BCUT2D eigenvalue weighted by molar-refractivity contribution is 7.85. The molecule has 10 aromatic carbocycles. The van der Waals surface area contributed by atoms with Gasteiger partial charge in [-0.2, -0.15) is 0 Å². The number of rotatable bonds is 9. The van der Waals surface area contributed by atoms with Crippen molar-refractivity contribution in [3.63, 3.8) is 0 Å². The largest absolute Gasteiger partial charge is 0.372 e. The third kappa shape index (κ3) is 12.3. The molecule has 0 radical (unpaired) electrons. The topological polar surface area (TPSA) is 54.0 Å². The molecule has 0 aliphatic carbocycles. The second-order valence-electron chi connectivity index (χ2n) is 19.4. The molecule has 0 fully saturated rings. The van der Waals surface area contributed by atoms with Gasteiger partial charge in [-0.3, -0.25) is 0 Å². The predicted molar refractivity (Wildman–Crippen MR) is 321 cm³/mol. The van der Waals surface area contributed by atoms with Crippen LogP contribution in [0, 0.1) is 6.92 Å². The zero-order valence-electron chi connectivity index (χ0n) is 43.3. The summed E-state index contributed by atoms with van der Waals surface area (Å²) < 4.78 is 40.3. The van der Waals surface area contributed by atoms with Gasteiger partial charge < -0.3 is 23.5 Å². The van der Waals surface area contributed by atoms with Crippen molar-refractivity contribution in [1.29, 1.82) is 0 Å². The summed E-state index contributed by atoms with van der Waals surface area (Å²) in [7, 11) is -4.62. The van der Waals surface area contributed by atoms with E-state index in [0.29, 0.717) is 52.9 Å². The average molecular weight is 1060 g/mol. The van der Waals surface area contributed by atoms with Crippen molar-refractivity contribution < 1.29 is 23.5 Å². The fourth-order valence-electron chi connectivity index (χ4n) is 10.2. The third-order valence-electron chi connectivity index (χ3n) is 14.1. The van der Waals surface area contributed by atoms with Gasteiger partial charge in [-0.15, -0.1) is 0 Å². The fourth-order valence-corrected chi connectivity index (χ4v) is 18.1. The average Bonchev–Trinajstić information content (AvgIpc) is 3.49. The lowest BCUT2D eigenvalue weighted by molar-refractivity contribution is 0.103. The Bertz CT molecular complexity index is 3320. The van der Waals surface area contributed by atoms with Gasteiger partial charge in [0.15, 0.2) is 7.14 Å². The molecule has 382 valence electrons. The maximum Gasteiger partial charge on any atom is 0.171 e. The molecule has 8 aliphatic heterocycles. The molecule has 0 saturated heterocycles. The maximum absolute atomic E-state index is 15.0. The Hall–Kier alpha value is -6.87. The Morgan fingerprint density at radius 3 is 0.987 bits per heavy atom. The highest BCUT2D eigenvalue weighted by Gasteiger charge is 2.32. The van der Waals surface area contributed by atoms with Crippen molar-refractivity contribution in [3.8, 4) is 0 Å². The molecule has 77 heavy (non-hydrogen) atoms. The fraction of sp³-hybridized carbons (Fsp3) is 0.130. The molecule has 5 nitrogen and oxygen atoms in total. The van der Waals surface area contributed by atoms with E-state index in [1.54, 1.807) is 0 Å². The lowest BCUT2D eigenvalue weighted by Crippen LogP contribution is -2.28. The molecule has 0 atom stereocenters. The SMILES string of the molecule is Cc1cc2ccc1COCc1ccc(c(P(=O)(c3ccccc3)c3ccccc3)c1)COC2.c1ccc(P(c2ccccc2)c2cc3ccc2COCc2ccc(c(P(c4ccccc4)c4ccccc4)c2)COC3)cc1. The van der Waals surface area contributed by atoms with E-state index in [2.05, 4.69) is 195 Å². The molecule has 8 aliphatic rings. The first-order valence-corrected chi connectivity index (χ1v) is 30.6. The molecule has 8 bridgehead atoms. The third-order valence-corrected chi connectivity index (χ3v) is 22.3. The zero-order valence-corrected chi connectivity index (χ0v) is 46.0. The van der Waals surface area contributed by atoms with Crippen LogP contribution in [-0.2, 0) is 76.4 Å². The smallest absolute Gasteiger partial charge is 0.171 e. The summed E-state index contributed by atoms with van der Waals surface area (Å²) >= 11 is 0. The highest BCUT2D eigenvalue weighted by atomic mass is 31.2. The Labute approximate surface area is 456 Å². The van der Waals surface area contributed by atoms with E-state index in [1.165, 1.54) is 65.2 Å². The summed E-state index contributed by atoms with van der Waals surface area (Å²) in [6.45, 7) is 6.21. The number of aryl methyl sites for hydroxylation is 1. The van der Waals surface area contributed by atoms with Gasteiger partial charge in [0.2, 0.25) is 0 Å². The van der Waals surface area contributed by atoms with Gasteiger partial charge in [-0.05, 0) is 123 Å². The molecule has 8 heterocycles. The second kappa shape index (κ2) is 25.1. The highest BCUT2D eigenvalue weighted by Crippen LogP contribution is 2.44. The Kier molecular flexibility index (Phi) is 17.0. The standard InChI is InChI=1S/C40H34O2P2.C29H27O3P/c1-5-13-35(14-6-1)43(36-15-7-2-8-16-36)39-25-31-21-23-33(39)29-41-28-32-22-24-34(30-42-27-31)40(26-32)44(37-17-9-3-10-18-37)38-19-11-4-12-20-38;1-22-16-23-12-14-25(22)20-31-19-24-13-15-26(21-32-18-23)29(17-24)33(30,27-8-4-2-5-9-27)28-10-6-3-7-11-28/h1-26H,27-30H2;2-17H,18-21H2,1H3. The van der Waals surface area contributed by atoms with E-state index in [1.807, 2.05) is 66.7 Å². The second-order valence-corrected chi connectivity index (χ2v) is 26.5. The summed E-state index contributed by atoms with van der Waals surface area (Å²) in [5.41, 5.74) is 10.3. The van der Waals surface area contributed by atoms with Crippen molar-refractivity contribution in [2.75, 3.05) is 0 Å². The predicted octanol–water partition coefficient (Wildman–Crippen LogP) is 12.3. The van der Waals surface area contributed by atoms with Crippen molar-refractivity contribution >= 4 is 70.7 Å². The van der Waals surface area contributed by atoms with Crippen LogP contribution in [0.5, 0.6) is 0 Å². The number of hydrogen-bond donors (Lipinski definition) is 0. The van der Waals surface area contributed by atoms with E-state index < -0.39 is 23.0 Å². The normalized spacial score (nSPS) is 13.7. The molecule has 0 amide bonds. The van der Waals surface area contributed by atoms with E-state index in [4.69, 9.17) is 18.9 Å². The van der Waals surface area contributed by atoms with Crippen LogP contribution in [0.25, 0.3) is 0 Å². The van der Waals surface area contributed by atoms with Crippen LogP contribution in [0.3, 0.4) is 0 Å². The van der Waals surface area contributed by atoms with Crippen molar-refractivity contribution in [2.24, 2.45) is 0 Å². The van der Waals surface area contributed by atoms with Crippen LogP contribution in [0.1, 0.15) is 50.1 Å². The van der Waals surface area contributed by atoms with E-state index >= 15 is 4.57 Å². The number of benzene rings is 10. The lowest BCUT2D eigenvalue weighted by atomic mass is 10.1. The Morgan fingerprint density at radius 1 is 0.312 bits per heavy atom. The summed E-state index contributed by atoms with van der Waals surface area (Å²) in [5, 5.41) is 10.5. The monoisotopic (exact) mass is 1060 g/mol. The Balaban J connectivity index is 0.000000171. The molecule has 18 rings (SSSR count). The van der Waals surface area contributed by atoms with Crippen LogP contribution in [0.2, 0.25) is 0 Å². The summed E-state index contributed by atoms with van der Waals surface area (Å²) in [5.74, 6) is 0. The molecule has 0 spiro atoms. The molecule has 8 heteroatoms. The van der Waals surface area contributed by atoms with Crippen molar-refractivity contribution in [1.82, 2.24) is 0 Å². The van der Waals surface area contributed by atoms with Gasteiger partial charge in [-0.25, -0.2) is 0 Å². The first kappa shape index (κ1) is 52.2. The molecular formula is C69H61O5P3. The minimum atomic E-state index is -3.11. The Morgan fingerprint density at radius 2 is 0.610 bits per heavy atom. The quantitative estimate of drug-likeness (QED) is 0.135. The molecule has 0 saturated carbocycles. The minimum absolute atomic E-state index is 0.390. The van der Waals surface area contributed by atoms with Gasteiger partial charge >= 0.3 is 0 Å². The lowest BCUT2D eigenvalue weighted by Gasteiger charge is -2.25.